The Bertz CT molecular complexity index is 1030. The average molecular weight is 422 g/mol. The Kier molecular flexibility index (Phi) is 6.36. The van der Waals surface area contributed by atoms with Crippen molar-refractivity contribution in [3.63, 3.8) is 0 Å². The molecule has 10 heteroatoms. The van der Waals surface area contributed by atoms with Crippen molar-refractivity contribution < 1.29 is 27.4 Å². The number of nitrogens with one attached hydrogen (secondary N) is 2. The summed E-state index contributed by atoms with van der Waals surface area (Å²) in [4.78, 5) is 8.57. The number of alkyl halides is 3. The molecule has 30 heavy (non-hydrogen) atoms. The van der Waals surface area contributed by atoms with Crippen LogP contribution in [0.4, 0.5) is 35.0 Å². The maximum Gasteiger partial charge on any atom is 0.573 e. The van der Waals surface area contributed by atoms with Crippen LogP contribution in [0.25, 0.3) is 11.3 Å². The normalized spacial score (nSPS) is 11.3. The van der Waals surface area contributed by atoms with Crippen LogP contribution in [0.3, 0.4) is 0 Å². The monoisotopic (exact) mass is 422 g/mol. The van der Waals surface area contributed by atoms with Crippen LogP contribution in [-0.4, -0.2) is 34.6 Å². The first kappa shape index (κ1) is 21.3. The van der Waals surface area contributed by atoms with Crippen LogP contribution >= 0.6 is 0 Å². The van der Waals surface area contributed by atoms with Gasteiger partial charge in [0.1, 0.15) is 17.4 Å². The Morgan fingerprint density at radius 1 is 1.07 bits per heavy atom. The van der Waals surface area contributed by atoms with E-state index in [9.17, 15) is 17.6 Å². The predicted octanol–water partition coefficient (Wildman–Crippen LogP) is 4.64. The van der Waals surface area contributed by atoms with Crippen LogP contribution in [0.2, 0.25) is 0 Å². The van der Waals surface area contributed by atoms with Crippen molar-refractivity contribution in [1.82, 2.24) is 9.97 Å². The molecule has 0 saturated heterocycles. The number of benzene rings is 2. The van der Waals surface area contributed by atoms with Gasteiger partial charge in [0, 0.05) is 23.9 Å². The van der Waals surface area contributed by atoms with Crippen molar-refractivity contribution in [2.24, 2.45) is 0 Å². The Morgan fingerprint density at radius 3 is 2.57 bits per heavy atom. The van der Waals surface area contributed by atoms with Gasteiger partial charge in [-0.2, -0.15) is 4.98 Å². The third kappa shape index (κ3) is 5.80. The molecule has 0 aliphatic heterocycles. The van der Waals surface area contributed by atoms with Gasteiger partial charge in [-0.15, -0.1) is 13.2 Å². The second-order valence-electron chi connectivity index (χ2n) is 6.27. The molecule has 0 bridgehead atoms. The number of hydrogen-bond donors (Lipinski definition) is 3. The van der Waals surface area contributed by atoms with Gasteiger partial charge in [0.05, 0.1) is 12.3 Å². The van der Waals surface area contributed by atoms with Crippen molar-refractivity contribution in [2.45, 2.75) is 13.3 Å². The van der Waals surface area contributed by atoms with Crippen LogP contribution in [-0.2, 0) is 0 Å². The summed E-state index contributed by atoms with van der Waals surface area (Å²) in [7, 11) is 0. The SMILES string of the molecule is Cc1cc(F)ccc1Nc1cc(-c2cccc(OC(F)(F)F)c2)nc(NCCO)n1. The zero-order valence-corrected chi connectivity index (χ0v) is 15.8. The summed E-state index contributed by atoms with van der Waals surface area (Å²) in [6.45, 7) is 1.73. The number of aliphatic hydroxyl groups is 1. The minimum Gasteiger partial charge on any atom is -0.406 e. The van der Waals surface area contributed by atoms with E-state index in [-0.39, 0.29) is 30.7 Å². The third-order valence-corrected chi connectivity index (χ3v) is 3.94. The zero-order valence-electron chi connectivity index (χ0n) is 15.8. The molecule has 0 spiro atoms. The van der Waals surface area contributed by atoms with Gasteiger partial charge in [0.2, 0.25) is 5.95 Å². The molecule has 0 unspecified atom stereocenters. The molecule has 6 nitrogen and oxygen atoms in total. The first-order chi connectivity index (χ1) is 14.2. The zero-order chi connectivity index (χ0) is 21.7. The number of nitrogens with zero attached hydrogens (tertiary/aromatic N) is 2. The molecule has 0 saturated carbocycles. The van der Waals surface area contributed by atoms with Gasteiger partial charge >= 0.3 is 6.36 Å². The second kappa shape index (κ2) is 8.95. The van der Waals surface area contributed by atoms with Gasteiger partial charge in [-0.3, -0.25) is 0 Å². The van der Waals surface area contributed by atoms with E-state index >= 15 is 0 Å². The van der Waals surface area contributed by atoms with Gasteiger partial charge in [0.25, 0.3) is 0 Å². The summed E-state index contributed by atoms with van der Waals surface area (Å²) in [5.41, 5.74) is 1.93. The van der Waals surface area contributed by atoms with E-state index in [0.29, 0.717) is 28.3 Å². The number of hydrogen-bond acceptors (Lipinski definition) is 6. The van der Waals surface area contributed by atoms with Crippen LogP contribution in [0.5, 0.6) is 5.75 Å². The molecule has 1 heterocycles. The lowest BCUT2D eigenvalue weighted by Crippen LogP contribution is -2.17. The van der Waals surface area contributed by atoms with E-state index in [1.165, 1.54) is 30.3 Å². The summed E-state index contributed by atoms with van der Waals surface area (Å²) in [5.74, 6) is -0.274. The van der Waals surface area contributed by atoms with Crippen molar-refractivity contribution in [2.75, 3.05) is 23.8 Å². The molecule has 0 radical (unpaired) electrons. The fraction of sp³-hybridized carbons (Fsp3) is 0.200. The molecule has 0 amide bonds. The molecule has 3 aromatic rings. The number of ether oxygens (including phenoxy) is 1. The van der Waals surface area contributed by atoms with E-state index in [2.05, 4.69) is 25.3 Å². The maximum atomic E-state index is 13.4. The predicted molar refractivity (Wildman–Crippen MR) is 104 cm³/mol. The Balaban J connectivity index is 1.97. The number of aryl methyl sites for hydroxylation is 1. The smallest absolute Gasteiger partial charge is 0.406 e. The number of aliphatic hydroxyl groups excluding tert-OH is 1. The molecular formula is C20H18F4N4O2. The third-order valence-electron chi connectivity index (χ3n) is 3.94. The van der Waals surface area contributed by atoms with Crippen molar-refractivity contribution >= 4 is 17.5 Å². The first-order valence-electron chi connectivity index (χ1n) is 8.87. The quantitative estimate of drug-likeness (QED) is 0.482. The highest BCUT2D eigenvalue weighted by Gasteiger charge is 2.31. The van der Waals surface area contributed by atoms with E-state index < -0.39 is 6.36 Å². The van der Waals surface area contributed by atoms with Gasteiger partial charge in [0.15, 0.2) is 0 Å². The molecule has 3 N–H and O–H groups in total. The minimum atomic E-state index is -4.81. The Labute approximate surface area is 169 Å². The second-order valence-corrected chi connectivity index (χ2v) is 6.27. The highest BCUT2D eigenvalue weighted by molar-refractivity contribution is 5.69. The Hall–Kier alpha value is -3.40. The Morgan fingerprint density at radius 2 is 1.87 bits per heavy atom. The minimum absolute atomic E-state index is 0.158. The maximum absolute atomic E-state index is 13.4. The average Bonchev–Trinajstić information content (AvgIpc) is 2.67. The summed E-state index contributed by atoms with van der Waals surface area (Å²) < 4.78 is 54.9. The summed E-state index contributed by atoms with van der Waals surface area (Å²) in [6.07, 6.45) is -4.81. The number of aromatic nitrogens is 2. The lowest BCUT2D eigenvalue weighted by molar-refractivity contribution is -0.274. The molecule has 3 rings (SSSR count). The first-order valence-corrected chi connectivity index (χ1v) is 8.87. The molecule has 1 aromatic heterocycles. The van der Waals surface area contributed by atoms with Crippen molar-refractivity contribution in [1.29, 1.82) is 0 Å². The molecule has 0 fully saturated rings. The van der Waals surface area contributed by atoms with E-state index in [1.54, 1.807) is 25.1 Å². The lowest BCUT2D eigenvalue weighted by atomic mass is 10.1. The highest BCUT2D eigenvalue weighted by Crippen LogP contribution is 2.29. The fourth-order valence-corrected chi connectivity index (χ4v) is 2.66. The van der Waals surface area contributed by atoms with Crippen LogP contribution < -0.4 is 15.4 Å². The van der Waals surface area contributed by atoms with E-state index in [0.717, 1.165) is 0 Å². The highest BCUT2D eigenvalue weighted by atomic mass is 19.4. The summed E-state index contributed by atoms with van der Waals surface area (Å²) >= 11 is 0. The lowest BCUT2D eigenvalue weighted by Gasteiger charge is -2.13. The van der Waals surface area contributed by atoms with Crippen LogP contribution in [0, 0.1) is 12.7 Å². The molecule has 0 atom stereocenters. The van der Waals surface area contributed by atoms with Crippen LogP contribution in [0.1, 0.15) is 5.56 Å². The van der Waals surface area contributed by atoms with Gasteiger partial charge in [-0.1, -0.05) is 12.1 Å². The van der Waals surface area contributed by atoms with Crippen molar-refractivity contribution in [3.05, 3.63) is 59.9 Å². The molecule has 158 valence electrons. The van der Waals surface area contributed by atoms with Crippen molar-refractivity contribution in [3.8, 4) is 17.0 Å². The summed E-state index contributed by atoms with van der Waals surface area (Å²) in [6, 6.07) is 11.1. The van der Waals surface area contributed by atoms with E-state index in [4.69, 9.17) is 5.11 Å². The molecular weight excluding hydrogens is 404 g/mol. The van der Waals surface area contributed by atoms with Gasteiger partial charge in [-0.05, 0) is 42.8 Å². The summed E-state index contributed by atoms with van der Waals surface area (Å²) in [5, 5.41) is 14.9. The fourth-order valence-electron chi connectivity index (χ4n) is 2.66. The topological polar surface area (TPSA) is 79.3 Å². The molecule has 0 aliphatic rings. The van der Waals surface area contributed by atoms with Gasteiger partial charge < -0.3 is 20.5 Å². The van der Waals surface area contributed by atoms with E-state index in [1.807, 2.05) is 0 Å². The van der Waals surface area contributed by atoms with Gasteiger partial charge in [-0.25, -0.2) is 9.37 Å². The number of rotatable bonds is 7. The molecule has 0 aliphatic carbocycles. The number of halogens is 4. The molecule has 2 aromatic carbocycles. The largest absolute Gasteiger partial charge is 0.573 e. The van der Waals surface area contributed by atoms with Crippen LogP contribution in [0.15, 0.2) is 48.5 Å². The standard InChI is InChI=1S/C20H18F4N4O2/c1-12-9-14(21)5-6-16(12)26-18-11-17(27-19(28-18)25-7-8-29)13-3-2-4-15(10-13)30-20(22,23)24/h2-6,9-11,29H,7-8H2,1H3,(H2,25,26,27,28). The number of anilines is 3.